The quantitative estimate of drug-likeness (QED) is 0.595. The second-order valence-corrected chi connectivity index (χ2v) is 4.21. The molecule has 16 heavy (non-hydrogen) atoms. The highest BCUT2D eigenvalue weighted by molar-refractivity contribution is 6.06. The van der Waals surface area contributed by atoms with Crippen LogP contribution in [0, 0.1) is 0 Å². The van der Waals surface area contributed by atoms with Gasteiger partial charge in [-0.3, -0.25) is 9.79 Å². The van der Waals surface area contributed by atoms with E-state index in [1.165, 1.54) is 0 Å². The maximum atomic E-state index is 11.8. The first-order valence-corrected chi connectivity index (χ1v) is 5.61. The summed E-state index contributed by atoms with van der Waals surface area (Å²) in [6.45, 7) is 0.515. The average molecular weight is 223 g/mol. The van der Waals surface area contributed by atoms with Crippen LogP contribution in [0.2, 0.25) is 0 Å². The molecule has 0 aromatic carbocycles. The summed E-state index contributed by atoms with van der Waals surface area (Å²) in [6, 6.07) is -0.0870. The van der Waals surface area contributed by atoms with E-state index < -0.39 is 6.10 Å². The predicted molar refractivity (Wildman–Crippen MR) is 61.2 cm³/mol. The molecule has 1 saturated carbocycles. The summed E-state index contributed by atoms with van der Waals surface area (Å²) < 4.78 is 0. The highest BCUT2D eigenvalue weighted by Crippen LogP contribution is 2.19. The van der Waals surface area contributed by atoms with Gasteiger partial charge < -0.3 is 15.7 Å². The van der Waals surface area contributed by atoms with Gasteiger partial charge in [-0.25, -0.2) is 0 Å². The second kappa shape index (κ2) is 4.65. The summed E-state index contributed by atoms with van der Waals surface area (Å²) in [5.74, 6) is 0.634. The largest absolute Gasteiger partial charge is 0.391 e. The second-order valence-electron chi connectivity index (χ2n) is 4.21. The lowest BCUT2D eigenvalue weighted by atomic mass is 10.2. The third-order valence-corrected chi connectivity index (χ3v) is 3.10. The van der Waals surface area contributed by atoms with Crippen LogP contribution >= 0.6 is 0 Å². The van der Waals surface area contributed by atoms with Gasteiger partial charge >= 0.3 is 0 Å². The molecular formula is C11H17N3O2. The van der Waals surface area contributed by atoms with Crippen molar-refractivity contribution in [1.82, 2.24) is 10.6 Å². The van der Waals surface area contributed by atoms with Gasteiger partial charge in [0.25, 0.3) is 0 Å². The van der Waals surface area contributed by atoms with Crippen LogP contribution in [0.1, 0.15) is 19.3 Å². The molecule has 0 bridgehead atoms. The monoisotopic (exact) mass is 223 g/mol. The van der Waals surface area contributed by atoms with Gasteiger partial charge in [-0.2, -0.15) is 0 Å². The summed E-state index contributed by atoms with van der Waals surface area (Å²) in [7, 11) is 1.68. The number of aliphatic hydroxyl groups is 1. The predicted octanol–water partition coefficient (Wildman–Crippen LogP) is -0.426. The van der Waals surface area contributed by atoms with Crippen molar-refractivity contribution in [2.24, 2.45) is 4.99 Å². The smallest absolute Gasteiger partial charge is 0.249 e. The number of nitrogens with zero attached hydrogens (tertiary/aromatic N) is 1. The van der Waals surface area contributed by atoms with Crippen LogP contribution in [0.3, 0.4) is 0 Å². The van der Waals surface area contributed by atoms with Crippen molar-refractivity contribution in [2.75, 3.05) is 13.6 Å². The first kappa shape index (κ1) is 11.1. The normalized spacial score (nSPS) is 31.4. The third kappa shape index (κ3) is 2.24. The molecule has 0 aromatic rings. The molecule has 0 radical (unpaired) electrons. The fourth-order valence-corrected chi connectivity index (χ4v) is 2.11. The Morgan fingerprint density at radius 3 is 3.00 bits per heavy atom. The maximum absolute atomic E-state index is 11.8. The van der Waals surface area contributed by atoms with Gasteiger partial charge in [0.05, 0.1) is 12.1 Å². The Bertz CT molecular complexity index is 349. The summed E-state index contributed by atoms with van der Waals surface area (Å²) in [5, 5.41) is 15.5. The summed E-state index contributed by atoms with van der Waals surface area (Å²) in [5.41, 5.74) is 0.680. The number of nitrogens with one attached hydrogen (secondary N) is 2. The van der Waals surface area contributed by atoms with E-state index in [0.717, 1.165) is 25.1 Å². The zero-order valence-electron chi connectivity index (χ0n) is 9.36. The van der Waals surface area contributed by atoms with Gasteiger partial charge in [0.1, 0.15) is 5.84 Å². The van der Waals surface area contributed by atoms with E-state index in [2.05, 4.69) is 15.6 Å². The van der Waals surface area contributed by atoms with Crippen LogP contribution in [0.25, 0.3) is 0 Å². The van der Waals surface area contributed by atoms with Crippen molar-refractivity contribution >= 4 is 11.7 Å². The first-order chi connectivity index (χ1) is 7.70. The number of hydrogen-bond acceptors (Lipinski definition) is 3. The molecule has 5 heteroatoms. The summed E-state index contributed by atoms with van der Waals surface area (Å²) in [6.07, 6.45) is 3.98. The number of aliphatic imine (C=N–C) groups is 1. The number of aliphatic hydroxyl groups excluding tert-OH is 1. The van der Waals surface area contributed by atoms with Gasteiger partial charge in [-0.15, -0.1) is 0 Å². The van der Waals surface area contributed by atoms with Gasteiger partial charge in [-0.1, -0.05) is 0 Å². The maximum Gasteiger partial charge on any atom is 0.249 e. The SMILES string of the molecule is CN=C1C=C(C(=O)N[C@@H]2CCC[C@@H]2O)CN1. The van der Waals surface area contributed by atoms with Crippen LogP contribution in [0.5, 0.6) is 0 Å². The molecule has 1 aliphatic heterocycles. The van der Waals surface area contributed by atoms with Crippen LogP contribution < -0.4 is 10.6 Å². The zero-order chi connectivity index (χ0) is 11.5. The van der Waals surface area contributed by atoms with E-state index in [1.807, 2.05) is 0 Å². The number of carbonyl (C=O) groups excluding carboxylic acids is 1. The van der Waals surface area contributed by atoms with Gasteiger partial charge in [0.15, 0.2) is 0 Å². The Hall–Kier alpha value is -1.36. The first-order valence-electron chi connectivity index (χ1n) is 5.61. The fourth-order valence-electron chi connectivity index (χ4n) is 2.11. The molecular weight excluding hydrogens is 206 g/mol. The molecule has 1 amide bonds. The summed E-state index contributed by atoms with van der Waals surface area (Å²) in [4.78, 5) is 15.8. The lowest BCUT2D eigenvalue weighted by molar-refractivity contribution is -0.118. The van der Waals surface area contributed by atoms with Crippen molar-refractivity contribution in [2.45, 2.75) is 31.4 Å². The molecule has 1 heterocycles. The number of hydrogen-bond donors (Lipinski definition) is 3. The van der Waals surface area contributed by atoms with E-state index in [4.69, 9.17) is 0 Å². The van der Waals surface area contributed by atoms with E-state index in [0.29, 0.717) is 12.1 Å². The van der Waals surface area contributed by atoms with Crippen molar-refractivity contribution in [3.05, 3.63) is 11.6 Å². The molecule has 0 unspecified atom stereocenters. The molecule has 2 atom stereocenters. The van der Waals surface area contributed by atoms with Crippen molar-refractivity contribution < 1.29 is 9.90 Å². The van der Waals surface area contributed by atoms with Gasteiger partial charge in [0.2, 0.25) is 5.91 Å². The number of amidine groups is 1. The topological polar surface area (TPSA) is 73.7 Å². The van der Waals surface area contributed by atoms with Crippen molar-refractivity contribution in [1.29, 1.82) is 0 Å². The Morgan fingerprint density at radius 1 is 1.62 bits per heavy atom. The lowest BCUT2D eigenvalue weighted by Gasteiger charge is -2.16. The Labute approximate surface area is 94.6 Å². The number of carbonyl (C=O) groups is 1. The number of amides is 1. The molecule has 3 N–H and O–H groups in total. The molecule has 1 aliphatic carbocycles. The van der Waals surface area contributed by atoms with E-state index >= 15 is 0 Å². The number of rotatable bonds is 2. The minimum absolute atomic E-state index is 0.0870. The van der Waals surface area contributed by atoms with Gasteiger partial charge in [0, 0.05) is 19.2 Å². The highest BCUT2D eigenvalue weighted by atomic mass is 16.3. The fraction of sp³-hybridized carbons (Fsp3) is 0.636. The van der Waals surface area contributed by atoms with Crippen LogP contribution in [-0.2, 0) is 4.79 Å². The molecule has 5 nitrogen and oxygen atoms in total. The molecule has 0 saturated heterocycles. The highest BCUT2D eigenvalue weighted by Gasteiger charge is 2.28. The van der Waals surface area contributed by atoms with Crippen LogP contribution in [0.15, 0.2) is 16.6 Å². The molecule has 88 valence electrons. The Morgan fingerprint density at radius 2 is 2.44 bits per heavy atom. The standard InChI is InChI=1S/C11H17N3O2/c1-12-10-5-7(6-13-10)11(16)14-8-3-2-4-9(8)15/h5,8-9,15H,2-4,6H2,1H3,(H,12,13)(H,14,16)/t8-,9+/m1/s1. The Kier molecular flexibility index (Phi) is 3.24. The van der Waals surface area contributed by atoms with Gasteiger partial charge in [-0.05, 0) is 25.3 Å². The third-order valence-electron chi connectivity index (χ3n) is 3.10. The minimum Gasteiger partial charge on any atom is -0.391 e. The molecule has 0 aromatic heterocycles. The zero-order valence-corrected chi connectivity index (χ0v) is 9.36. The molecule has 0 spiro atoms. The van der Waals surface area contributed by atoms with E-state index in [-0.39, 0.29) is 11.9 Å². The Balaban J connectivity index is 1.94. The van der Waals surface area contributed by atoms with Crippen molar-refractivity contribution in [3.63, 3.8) is 0 Å². The summed E-state index contributed by atoms with van der Waals surface area (Å²) >= 11 is 0. The van der Waals surface area contributed by atoms with Crippen LogP contribution in [-0.4, -0.2) is 42.6 Å². The minimum atomic E-state index is -0.391. The van der Waals surface area contributed by atoms with E-state index in [1.54, 1.807) is 13.1 Å². The molecule has 1 fully saturated rings. The molecule has 2 rings (SSSR count). The lowest BCUT2D eigenvalue weighted by Crippen LogP contribution is -2.41. The average Bonchev–Trinajstić information content (AvgIpc) is 2.88. The molecule has 2 aliphatic rings. The van der Waals surface area contributed by atoms with Crippen LogP contribution in [0.4, 0.5) is 0 Å². The van der Waals surface area contributed by atoms with E-state index in [9.17, 15) is 9.90 Å². The van der Waals surface area contributed by atoms with Crippen molar-refractivity contribution in [3.8, 4) is 0 Å².